The van der Waals surface area contributed by atoms with Gasteiger partial charge in [0.1, 0.15) is 0 Å². The van der Waals surface area contributed by atoms with Gasteiger partial charge < -0.3 is 10.3 Å². The third kappa shape index (κ3) is 3.98. The zero-order valence-electron chi connectivity index (χ0n) is 17.4. The minimum atomic E-state index is -3.14. The van der Waals surface area contributed by atoms with Crippen LogP contribution in [0.25, 0.3) is 22.6 Å². The number of aromatic nitrogens is 1. The minimum Gasteiger partial charge on any atom is -0.380 e. The van der Waals surface area contributed by atoms with E-state index in [0.29, 0.717) is 50.3 Å². The van der Waals surface area contributed by atoms with Gasteiger partial charge in [-0.15, -0.1) is 0 Å². The number of aromatic amines is 1. The van der Waals surface area contributed by atoms with Gasteiger partial charge in [0.2, 0.25) is 10.0 Å². The van der Waals surface area contributed by atoms with Crippen LogP contribution in [-0.2, 0) is 16.6 Å². The molecule has 6 nitrogen and oxygen atoms in total. The number of nitrogens with zero attached hydrogens (tertiary/aromatic N) is 2. The van der Waals surface area contributed by atoms with Gasteiger partial charge >= 0.3 is 0 Å². The van der Waals surface area contributed by atoms with Gasteiger partial charge in [0, 0.05) is 55.9 Å². The number of sulfonamides is 1. The smallest absolute Gasteiger partial charge is 0.211 e. The van der Waals surface area contributed by atoms with Crippen LogP contribution in [0, 0.1) is 5.82 Å². The van der Waals surface area contributed by atoms with Crippen LogP contribution in [0.1, 0.15) is 16.8 Å². The lowest BCUT2D eigenvalue weighted by atomic mass is 10.0. The summed E-state index contributed by atoms with van der Waals surface area (Å²) >= 11 is 0. The van der Waals surface area contributed by atoms with Gasteiger partial charge in [-0.1, -0.05) is 24.3 Å². The lowest BCUT2D eigenvalue weighted by Gasteiger charge is -2.33. The van der Waals surface area contributed by atoms with Crippen molar-refractivity contribution in [1.82, 2.24) is 14.2 Å². The van der Waals surface area contributed by atoms with E-state index in [2.05, 4.69) is 15.2 Å². The van der Waals surface area contributed by atoms with E-state index >= 15 is 4.39 Å². The number of halogens is 1. The molecular weight excluding hydrogens is 415 g/mol. The number of H-pyrrole nitrogens is 1. The Hall–Kier alpha value is -2.68. The van der Waals surface area contributed by atoms with E-state index in [4.69, 9.17) is 0 Å². The summed E-state index contributed by atoms with van der Waals surface area (Å²) in [5, 5.41) is 3.94. The van der Waals surface area contributed by atoms with Gasteiger partial charge in [-0.25, -0.2) is 12.8 Å². The van der Waals surface area contributed by atoms with Crippen LogP contribution in [0.2, 0.25) is 0 Å². The summed E-state index contributed by atoms with van der Waals surface area (Å²) in [7, 11) is -3.14. The second-order valence-electron chi connectivity index (χ2n) is 8.24. The van der Waals surface area contributed by atoms with E-state index in [1.807, 2.05) is 48.5 Å². The molecule has 5 rings (SSSR count). The molecular formula is C23H25FN4O2S. The Morgan fingerprint density at radius 1 is 1.06 bits per heavy atom. The van der Waals surface area contributed by atoms with E-state index in [9.17, 15) is 8.42 Å². The average molecular weight is 441 g/mol. The Morgan fingerprint density at radius 3 is 2.61 bits per heavy atom. The van der Waals surface area contributed by atoms with Crippen LogP contribution in [0.4, 0.5) is 10.1 Å². The Morgan fingerprint density at radius 2 is 1.84 bits per heavy atom. The van der Waals surface area contributed by atoms with Gasteiger partial charge in [-0.05, 0) is 41.0 Å². The third-order valence-corrected chi connectivity index (χ3v) is 7.39. The zero-order valence-corrected chi connectivity index (χ0v) is 18.2. The molecule has 0 radical (unpaired) electrons. The molecule has 3 heterocycles. The summed E-state index contributed by atoms with van der Waals surface area (Å²) in [5.74, 6) is -0.230. The van der Waals surface area contributed by atoms with Crippen molar-refractivity contribution in [2.24, 2.45) is 0 Å². The molecule has 0 atom stereocenters. The Labute approximate surface area is 181 Å². The van der Waals surface area contributed by atoms with E-state index in [1.165, 1.54) is 10.6 Å². The van der Waals surface area contributed by atoms with Gasteiger partial charge in [-0.3, -0.25) is 4.90 Å². The molecule has 2 aliphatic rings. The summed E-state index contributed by atoms with van der Waals surface area (Å²) in [6, 6.07) is 13.8. The number of benzene rings is 2. The number of rotatable bonds is 4. The van der Waals surface area contributed by atoms with Gasteiger partial charge in [0.15, 0.2) is 5.82 Å². The van der Waals surface area contributed by atoms with Crippen molar-refractivity contribution >= 4 is 38.3 Å². The van der Waals surface area contributed by atoms with Crippen molar-refractivity contribution in [2.45, 2.75) is 6.54 Å². The molecule has 0 amide bonds. The predicted octanol–water partition coefficient (Wildman–Crippen LogP) is 3.35. The van der Waals surface area contributed by atoms with Crippen molar-refractivity contribution in [3.05, 3.63) is 65.1 Å². The molecule has 1 fully saturated rings. The quantitative estimate of drug-likeness (QED) is 0.653. The molecule has 1 aromatic heterocycles. The maximum atomic E-state index is 15.3. The van der Waals surface area contributed by atoms with E-state index < -0.39 is 10.0 Å². The maximum absolute atomic E-state index is 15.3. The summed E-state index contributed by atoms with van der Waals surface area (Å²) in [6.07, 6.45) is 3.28. The fraction of sp³-hybridized carbons (Fsp3) is 0.304. The number of anilines is 1. The fourth-order valence-corrected chi connectivity index (χ4v) is 5.20. The fourth-order valence-electron chi connectivity index (χ4n) is 4.38. The number of piperazine rings is 1. The van der Waals surface area contributed by atoms with Crippen LogP contribution < -0.4 is 5.32 Å². The van der Waals surface area contributed by atoms with E-state index in [0.717, 1.165) is 27.9 Å². The van der Waals surface area contributed by atoms with Crippen LogP contribution in [0.5, 0.6) is 0 Å². The van der Waals surface area contributed by atoms with Crippen LogP contribution in [0.15, 0.2) is 42.5 Å². The van der Waals surface area contributed by atoms with Crippen molar-refractivity contribution in [1.29, 1.82) is 0 Å². The summed E-state index contributed by atoms with van der Waals surface area (Å²) in [5.41, 5.74) is 5.32. The highest BCUT2D eigenvalue weighted by atomic mass is 32.2. The van der Waals surface area contributed by atoms with Crippen molar-refractivity contribution in [2.75, 3.05) is 44.3 Å². The normalized spacial score (nSPS) is 17.9. The topological polar surface area (TPSA) is 68.4 Å². The van der Waals surface area contributed by atoms with Gasteiger partial charge in [0.05, 0.1) is 11.9 Å². The van der Waals surface area contributed by atoms with E-state index in [-0.39, 0.29) is 5.82 Å². The number of fused-ring (bicyclic) bond motifs is 2. The Balaban J connectivity index is 1.37. The standard InChI is InChI=1S/C23H25FN4O2S/c1-31(29,30)28-10-8-27(9-11-28)15-16-6-7-21-19(12-16)22(24)23(26-21)18-13-17-4-2-3-5-20(17)25-14-18/h2-7,12-13,25-26H,8-11,14-15H2,1H3. The summed E-state index contributed by atoms with van der Waals surface area (Å²) in [6.45, 7) is 3.57. The first-order chi connectivity index (χ1) is 14.9. The number of hydrogen-bond acceptors (Lipinski definition) is 4. The van der Waals surface area contributed by atoms with E-state index in [1.54, 1.807) is 0 Å². The highest BCUT2D eigenvalue weighted by molar-refractivity contribution is 7.88. The molecule has 0 bridgehead atoms. The number of para-hydroxylation sites is 1. The molecule has 3 aromatic rings. The third-order valence-electron chi connectivity index (χ3n) is 6.09. The summed E-state index contributed by atoms with van der Waals surface area (Å²) < 4.78 is 40.2. The molecule has 2 N–H and O–H groups in total. The first-order valence-electron chi connectivity index (χ1n) is 10.4. The second kappa shape index (κ2) is 7.78. The Kier molecular flexibility index (Phi) is 5.08. The van der Waals surface area contributed by atoms with Gasteiger partial charge in [-0.2, -0.15) is 4.31 Å². The molecule has 2 aromatic carbocycles. The van der Waals surface area contributed by atoms with Crippen molar-refractivity contribution in [3.8, 4) is 0 Å². The predicted molar refractivity (Wildman–Crippen MR) is 123 cm³/mol. The number of nitrogens with one attached hydrogen (secondary N) is 2. The molecule has 0 unspecified atom stereocenters. The molecule has 2 aliphatic heterocycles. The van der Waals surface area contributed by atoms with Crippen LogP contribution in [0.3, 0.4) is 0 Å². The molecule has 1 saturated heterocycles. The monoisotopic (exact) mass is 440 g/mol. The molecule has 0 saturated carbocycles. The molecule has 0 aliphatic carbocycles. The lowest BCUT2D eigenvalue weighted by Crippen LogP contribution is -2.47. The van der Waals surface area contributed by atoms with Crippen molar-refractivity contribution in [3.63, 3.8) is 0 Å². The average Bonchev–Trinajstić information content (AvgIpc) is 3.09. The van der Waals surface area contributed by atoms with Crippen LogP contribution >= 0.6 is 0 Å². The lowest BCUT2D eigenvalue weighted by molar-refractivity contribution is 0.182. The second-order valence-corrected chi connectivity index (χ2v) is 10.2. The molecule has 0 spiro atoms. The SMILES string of the molecule is CS(=O)(=O)N1CCN(Cc2ccc3[nH]c(C4=Cc5ccccc5NC4)c(F)c3c2)CC1. The highest BCUT2D eigenvalue weighted by Gasteiger charge is 2.24. The summed E-state index contributed by atoms with van der Waals surface area (Å²) in [4.78, 5) is 5.45. The molecule has 8 heteroatoms. The highest BCUT2D eigenvalue weighted by Crippen LogP contribution is 2.32. The number of hydrogen-bond donors (Lipinski definition) is 2. The van der Waals surface area contributed by atoms with Gasteiger partial charge in [0.25, 0.3) is 0 Å². The maximum Gasteiger partial charge on any atom is 0.211 e. The largest absolute Gasteiger partial charge is 0.380 e. The first-order valence-corrected chi connectivity index (χ1v) is 12.2. The van der Waals surface area contributed by atoms with Crippen molar-refractivity contribution < 1.29 is 12.8 Å². The van der Waals surface area contributed by atoms with Crippen LogP contribution in [-0.4, -0.2) is 61.6 Å². The first kappa shape index (κ1) is 20.2. The molecule has 162 valence electrons. The zero-order chi connectivity index (χ0) is 21.6. The molecule has 31 heavy (non-hydrogen) atoms. The Bertz CT molecular complexity index is 1270. The minimum absolute atomic E-state index is 0.230.